The third kappa shape index (κ3) is 4.20. The molecular weight excluding hydrogens is 456 g/mol. The molecule has 13 heteroatoms. The van der Waals surface area contributed by atoms with Crippen molar-refractivity contribution in [2.45, 2.75) is 6.54 Å². The summed E-state index contributed by atoms with van der Waals surface area (Å²) in [6.07, 6.45) is 1.29. The molecule has 3 aromatic heterocycles. The molecule has 0 aliphatic carbocycles. The van der Waals surface area contributed by atoms with Crippen LogP contribution < -0.4 is 11.2 Å². The third-order valence-electron chi connectivity index (χ3n) is 5.06. The molecule has 3 heterocycles. The van der Waals surface area contributed by atoms with E-state index in [9.17, 15) is 14.9 Å². The first-order valence-electron chi connectivity index (χ1n) is 10.2. The molecule has 13 nitrogen and oxygen atoms in total. The van der Waals surface area contributed by atoms with Gasteiger partial charge >= 0.3 is 0 Å². The predicted molar refractivity (Wildman–Crippen MR) is 124 cm³/mol. The van der Waals surface area contributed by atoms with Gasteiger partial charge in [-0.3, -0.25) is 14.9 Å². The topological polar surface area (TPSA) is 180 Å². The predicted octanol–water partition coefficient (Wildman–Crippen LogP) is 2.99. The number of carbonyl (C=O) groups is 1. The molecule has 0 spiro atoms. The third-order valence-corrected chi connectivity index (χ3v) is 5.06. The number of aromatic nitrogens is 4. The molecule has 0 radical (unpaired) electrons. The molecule has 5 aromatic rings. The van der Waals surface area contributed by atoms with Crippen molar-refractivity contribution < 1.29 is 18.8 Å². The Morgan fingerprint density at radius 1 is 1.14 bits per heavy atom. The second-order valence-electron chi connectivity index (χ2n) is 7.28. The molecule has 0 saturated carbocycles. The van der Waals surface area contributed by atoms with Crippen LogP contribution in [0.1, 0.15) is 5.76 Å². The highest BCUT2D eigenvalue weighted by atomic mass is 16.6. The molecule has 0 bridgehead atoms. The van der Waals surface area contributed by atoms with Crippen molar-refractivity contribution in [3.8, 4) is 22.8 Å². The lowest BCUT2D eigenvalue weighted by Gasteiger charge is -2.06. The smallest absolute Gasteiger partial charge is 0.280 e. The Kier molecular flexibility index (Phi) is 5.47. The maximum absolute atomic E-state index is 12.6. The maximum Gasteiger partial charge on any atom is 0.280 e. The van der Waals surface area contributed by atoms with Crippen molar-refractivity contribution >= 4 is 34.7 Å². The highest BCUT2D eigenvalue weighted by Gasteiger charge is 2.20. The number of hydrogen-bond donors (Lipinski definition) is 2. The molecule has 0 atom stereocenters. The number of para-hydroxylation sites is 3. The molecule has 0 aliphatic heterocycles. The van der Waals surface area contributed by atoms with Crippen LogP contribution in [0.2, 0.25) is 0 Å². The molecule has 5 rings (SSSR count). The largest absolute Gasteiger partial charge is 0.455 e. The zero-order chi connectivity index (χ0) is 24.4. The van der Waals surface area contributed by atoms with E-state index >= 15 is 0 Å². The van der Waals surface area contributed by atoms with E-state index < -0.39 is 10.8 Å². The van der Waals surface area contributed by atoms with E-state index in [4.69, 9.17) is 10.2 Å². The van der Waals surface area contributed by atoms with Crippen LogP contribution >= 0.6 is 0 Å². The number of carbonyl (C=O) groups excluding carboxylic acids is 1. The van der Waals surface area contributed by atoms with Gasteiger partial charge in [-0.15, -0.1) is 0 Å². The molecule has 0 saturated heterocycles. The number of nitrogens with zero attached hydrogens (tertiary/aromatic N) is 6. The number of nitrogens with one attached hydrogen (secondary N) is 1. The second-order valence-corrected chi connectivity index (χ2v) is 7.28. The highest BCUT2D eigenvalue weighted by Crippen LogP contribution is 2.30. The summed E-state index contributed by atoms with van der Waals surface area (Å²) in [7, 11) is 0. The van der Waals surface area contributed by atoms with Crippen LogP contribution in [0.4, 0.5) is 11.5 Å². The fourth-order valence-electron chi connectivity index (χ4n) is 3.52. The lowest BCUT2D eigenvalue weighted by atomic mass is 10.1. The fourth-order valence-corrected chi connectivity index (χ4v) is 3.52. The average Bonchev–Trinajstić information content (AvgIpc) is 3.58. The van der Waals surface area contributed by atoms with E-state index in [0.29, 0.717) is 33.9 Å². The van der Waals surface area contributed by atoms with E-state index in [0.717, 1.165) is 0 Å². The van der Waals surface area contributed by atoms with E-state index in [2.05, 4.69) is 30.5 Å². The molecule has 0 aliphatic rings. The Morgan fingerprint density at radius 2 is 1.94 bits per heavy atom. The van der Waals surface area contributed by atoms with Gasteiger partial charge < -0.3 is 14.7 Å². The summed E-state index contributed by atoms with van der Waals surface area (Å²) < 4.78 is 11.9. The second kappa shape index (κ2) is 8.90. The fraction of sp³-hybridized carbons (Fsp3) is 0.0455. The summed E-state index contributed by atoms with van der Waals surface area (Å²) >= 11 is 0. The van der Waals surface area contributed by atoms with Gasteiger partial charge in [0.1, 0.15) is 18.1 Å². The molecular formula is C22H16N8O5. The number of nitro benzene ring substituents is 1. The summed E-state index contributed by atoms with van der Waals surface area (Å²) in [4.78, 5) is 27.9. The van der Waals surface area contributed by atoms with Crippen molar-refractivity contribution in [3.63, 3.8) is 0 Å². The number of hydrogen-bond acceptors (Lipinski definition) is 10. The number of nitrogens with two attached hydrogens (primary N) is 1. The van der Waals surface area contributed by atoms with Crippen LogP contribution in [0.25, 0.3) is 33.9 Å². The normalized spacial score (nSPS) is 11.3. The van der Waals surface area contributed by atoms with Crippen LogP contribution in [0.15, 0.2) is 74.8 Å². The minimum Gasteiger partial charge on any atom is -0.455 e. The first-order chi connectivity index (χ1) is 17.0. The molecule has 35 heavy (non-hydrogen) atoms. The van der Waals surface area contributed by atoms with Gasteiger partial charge in [0.15, 0.2) is 17.3 Å². The van der Waals surface area contributed by atoms with Crippen LogP contribution in [0.3, 0.4) is 0 Å². The number of furan rings is 1. The lowest BCUT2D eigenvalue weighted by molar-refractivity contribution is -0.384. The van der Waals surface area contributed by atoms with Crippen molar-refractivity contribution in [2.24, 2.45) is 5.10 Å². The van der Waals surface area contributed by atoms with E-state index in [-0.39, 0.29) is 23.7 Å². The minimum absolute atomic E-state index is 0.0484. The first kappa shape index (κ1) is 21.5. The zero-order valence-electron chi connectivity index (χ0n) is 17.9. The summed E-state index contributed by atoms with van der Waals surface area (Å²) in [6, 6.07) is 16.6. The Bertz CT molecular complexity index is 1580. The number of amides is 1. The van der Waals surface area contributed by atoms with E-state index in [1.54, 1.807) is 47.0 Å². The number of nitrogen functional groups attached to an aromatic ring is 1. The summed E-state index contributed by atoms with van der Waals surface area (Å²) in [6.45, 7) is -0.140. The number of nitro groups is 1. The average molecular weight is 472 g/mol. The summed E-state index contributed by atoms with van der Waals surface area (Å²) in [5.74, 6) is 0.523. The van der Waals surface area contributed by atoms with Crippen molar-refractivity contribution in [3.05, 3.63) is 76.5 Å². The molecule has 1 amide bonds. The van der Waals surface area contributed by atoms with Gasteiger partial charge in [-0.25, -0.2) is 15.0 Å². The van der Waals surface area contributed by atoms with Crippen molar-refractivity contribution in [1.29, 1.82) is 0 Å². The standard InChI is InChI=1S/C22H16N8O5/c23-21-20(27-35-28-21)22-25-15-6-2-4-8-17(15)29(22)12-19(31)26-24-11-13-9-10-18(34-13)14-5-1-3-7-16(14)30(32)33/h1-11H,12H2,(H2,23,28)(H,26,31)/b24-11-. The van der Waals surface area contributed by atoms with Gasteiger partial charge in [0, 0.05) is 6.07 Å². The number of rotatable bonds is 7. The first-order valence-corrected chi connectivity index (χ1v) is 10.2. The van der Waals surface area contributed by atoms with Gasteiger partial charge in [-0.1, -0.05) is 24.3 Å². The Morgan fingerprint density at radius 3 is 2.74 bits per heavy atom. The summed E-state index contributed by atoms with van der Waals surface area (Å²) in [5, 5.41) is 22.5. The maximum atomic E-state index is 12.6. The highest BCUT2D eigenvalue weighted by molar-refractivity contribution is 5.86. The zero-order valence-corrected chi connectivity index (χ0v) is 17.9. The van der Waals surface area contributed by atoms with E-state index in [1.165, 1.54) is 12.3 Å². The Balaban J connectivity index is 1.33. The molecule has 2 aromatic carbocycles. The number of benzene rings is 2. The van der Waals surface area contributed by atoms with Crippen molar-refractivity contribution in [1.82, 2.24) is 25.3 Å². The van der Waals surface area contributed by atoms with E-state index in [1.807, 2.05) is 12.1 Å². The number of imidazole rings is 1. The molecule has 0 fully saturated rings. The molecule has 174 valence electrons. The summed E-state index contributed by atoms with van der Waals surface area (Å²) in [5.41, 5.74) is 10.0. The van der Waals surface area contributed by atoms with Crippen LogP contribution in [-0.4, -0.2) is 36.9 Å². The van der Waals surface area contributed by atoms with Gasteiger partial charge in [-0.2, -0.15) is 5.10 Å². The number of hydrazone groups is 1. The van der Waals surface area contributed by atoms with Crippen LogP contribution in [-0.2, 0) is 11.3 Å². The lowest BCUT2D eigenvalue weighted by Crippen LogP contribution is -2.23. The number of fused-ring (bicyclic) bond motifs is 1. The van der Waals surface area contributed by atoms with Crippen LogP contribution in [0.5, 0.6) is 0 Å². The minimum atomic E-state index is -0.483. The molecule has 0 unspecified atom stereocenters. The Hall–Kier alpha value is -5.33. The molecule has 3 N–H and O–H groups in total. The van der Waals surface area contributed by atoms with Gasteiger partial charge in [0.2, 0.25) is 0 Å². The monoisotopic (exact) mass is 472 g/mol. The quantitative estimate of drug-likeness (QED) is 0.204. The van der Waals surface area contributed by atoms with Gasteiger partial charge in [0.05, 0.1) is 27.7 Å². The van der Waals surface area contributed by atoms with Gasteiger partial charge in [-0.05, 0) is 40.6 Å². The SMILES string of the molecule is Nc1nonc1-c1nc2ccccc2n1CC(=O)N/N=C\c1ccc(-c2ccccc2[N+](=O)[O-])o1. The van der Waals surface area contributed by atoms with Crippen LogP contribution in [0, 0.1) is 10.1 Å². The Labute approximate surface area is 196 Å². The number of anilines is 1. The van der Waals surface area contributed by atoms with Gasteiger partial charge in [0.25, 0.3) is 11.6 Å². The van der Waals surface area contributed by atoms with Crippen molar-refractivity contribution in [2.75, 3.05) is 5.73 Å².